The summed E-state index contributed by atoms with van der Waals surface area (Å²) >= 11 is 5.74. The van der Waals surface area contributed by atoms with E-state index in [1.807, 2.05) is 0 Å². The molecule has 0 bridgehead atoms. The summed E-state index contributed by atoms with van der Waals surface area (Å²) < 4.78 is 36.8. The average Bonchev–Trinajstić information content (AvgIpc) is 2.34. The van der Waals surface area contributed by atoms with E-state index in [0.29, 0.717) is 16.1 Å². The molecule has 0 aliphatic rings. The lowest BCUT2D eigenvalue weighted by Crippen LogP contribution is -2.07. The molecule has 0 saturated heterocycles. The van der Waals surface area contributed by atoms with Gasteiger partial charge in [-0.15, -0.1) is 0 Å². The van der Waals surface area contributed by atoms with Crippen LogP contribution in [0.5, 0.6) is 0 Å². The normalized spacial score (nSPS) is 11.5. The summed E-state index contributed by atoms with van der Waals surface area (Å²) in [4.78, 5) is 0. The SMILES string of the molecule is O=S(=O)(Cc1ccc(F)cc1)Cc1ccc(Cl)cc1. The summed E-state index contributed by atoms with van der Waals surface area (Å²) in [5.41, 5.74) is 1.27. The molecule has 0 aliphatic carbocycles. The lowest BCUT2D eigenvalue weighted by atomic mass is 10.2. The zero-order chi connectivity index (χ0) is 13.9. The quantitative estimate of drug-likeness (QED) is 0.864. The predicted molar refractivity (Wildman–Crippen MR) is 74.2 cm³/mol. The van der Waals surface area contributed by atoms with Gasteiger partial charge in [0.05, 0.1) is 11.5 Å². The van der Waals surface area contributed by atoms with Crippen LogP contribution in [0, 0.1) is 5.82 Å². The van der Waals surface area contributed by atoms with Crippen LogP contribution in [0.15, 0.2) is 48.5 Å². The Morgan fingerprint density at radius 2 is 1.26 bits per heavy atom. The zero-order valence-corrected chi connectivity index (χ0v) is 11.6. The fourth-order valence-electron chi connectivity index (χ4n) is 1.72. The first-order valence-corrected chi connectivity index (χ1v) is 7.84. The molecule has 2 nitrogen and oxygen atoms in total. The van der Waals surface area contributed by atoms with Crippen molar-refractivity contribution in [2.45, 2.75) is 11.5 Å². The second kappa shape index (κ2) is 5.72. The topological polar surface area (TPSA) is 34.1 Å². The molecule has 0 N–H and O–H groups in total. The summed E-state index contributed by atoms with van der Waals surface area (Å²) in [5, 5.41) is 0.569. The van der Waals surface area contributed by atoms with Gasteiger partial charge in [-0.1, -0.05) is 35.9 Å². The molecule has 0 amide bonds. The van der Waals surface area contributed by atoms with Crippen LogP contribution < -0.4 is 0 Å². The Kier molecular flexibility index (Phi) is 4.22. The molecule has 0 heterocycles. The van der Waals surface area contributed by atoms with E-state index in [2.05, 4.69) is 0 Å². The number of hydrogen-bond donors (Lipinski definition) is 0. The van der Waals surface area contributed by atoms with Gasteiger partial charge in [0.15, 0.2) is 9.84 Å². The number of hydrogen-bond acceptors (Lipinski definition) is 2. The van der Waals surface area contributed by atoms with Crippen LogP contribution in [0.1, 0.15) is 11.1 Å². The van der Waals surface area contributed by atoms with Crippen LogP contribution in [0.4, 0.5) is 4.39 Å². The third-order valence-corrected chi connectivity index (χ3v) is 4.40. The summed E-state index contributed by atoms with van der Waals surface area (Å²) in [6.45, 7) is 0. The van der Waals surface area contributed by atoms with Gasteiger partial charge in [0, 0.05) is 5.02 Å². The molecule has 0 radical (unpaired) electrons. The van der Waals surface area contributed by atoms with Crippen molar-refractivity contribution < 1.29 is 12.8 Å². The molecule has 0 aliphatic heterocycles. The molecule has 0 atom stereocenters. The van der Waals surface area contributed by atoms with Crippen LogP contribution in [0.25, 0.3) is 0 Å². The Morgan fingerprint density at radius 3 is 1.74 bits per heavy atom. The van der Waals surface area contributed by atoms with E-state index in [9.17, 15) is 12.8 Å². The van der Waals surface area contributed by atoms with Gasteiger partial charge < -0.3 is 0 Å². The monoisotopic (exact) mass is 298 g/mol. The second-order valence-corrected chi connectivity index (χ2v) is 6.79. The van der Waals surface area contributed by atoms with Crippen LogP contribution in [0.2, 0.25) is 5.02 Å². The molecular weight excluding hydrogens is 287 g/mol. The van der Waals surface area contributed by atoms with Crippen molar-refractivity contribution in [3.05, 3.63) is 70.5 Å². The highest BCUT2D eigenvalue weighted by atomic mass is 35.5. The van der Waals surface area contributed by atoms with E-state index in [4.69, 9.17) is 11.6 Å². The third kappa shape index (κ3) is 4.33. The highest BCUT2D eigenvalue weighted by Crippen LogP contribution is 2.15. The summed E-state index contributed by atoms with van der Waals surface area (Å²) in [6, 6.07) is 12.2. The van der Waals surface area contributed by atoms with E-state index < -0.39 is 9.84 Å². The predicted octanol–water partition coefficient (Wildman–Crippen LogP) is 3.59. The largest absolute Gasteiger partial charge is 0.228 e. The smallest absolute Gasteiger partial charge is 0.158 e. The minimum absolute atomic E-state index is 0.0540. The average molecular weight is 299 g/mol. The van der Waals surface area contributed by atoms with Gasteiger partial charge in [-0.25, -0.2) is 12.8 Å². The highest BCUT2D eigenvalue weighted by Gasteiger charge is 2.13. The third-order valence-electron chi connectivity index (χ3n) is 2.60. The molecule has 0 aromatic heterocycles. The van der Waals surface area contributed by atoms with Gasteiger partial charge in [0.2, 0.25) is 0 Å². The summed E-state index contributed by atoms with van der Waals surface area (Å²) in [6.07, 6.45) is 0. The molecule has 2 aromatic carbocycles. The molecule has 0 unspecified atom stereocenters. The molecule has 0 saturated carbocycles. The molecule has 5 heteroatoms. The zero-order valence-electron chi connectivity index (χ0n) is 10.0. The van der Waals surface area contributed by atoms with Gasteiger partial charge in [-0.2, -0.15) is 0 Å². The van der Waals surface area contributed by atoms with Crippen LogP contribution >= 0.6 is 11.6 Å². The van der Waals surface area contributed by atoms with Crippen molar-refractivity contribution in [3.8, 4) is 0 Å². The van der Waals surface area contributed by atoms with E-state index in [0.717, 1.165) is 0 Å². The van der Waals surface area contributed by atoms with E-state index >= 15 is 0 Å². The number of benzene rings is 2. The van der Waals surface area contributed by atoms with Gasteiger partial charge in [0.1, 0.15) is 5.82 Å². The number of sulfone groups is 1. The standard InChI is InChI=1S/C14H12ClFO2S/c15-13-5-1-11(2-6-13)9-19(17,18)10-12-3-7-14(16)8-4-12/h1-8H,9-10H2. The van der Waals surface area contributed by atoms with Gasteiger partial charge in [-0.05, 0) is 35.4 Å². The summed E-state index contributed by atoms with van der Waals surface area (Å²) in [7, 11) is -3.28. The molecule has 100 valence electrons. The Bertz CT molecular complexity index is 595. The van der Waals surface area contributed by atoms with E-state index in [-0.39, 0.29) is 17.3 Å². The van der Waals surface area contributed by atoms with E-state index in [1.165, 1.54) is 24.3 Å². The second-order valence-electron chi connectivity index (χ2n) is 4.29. The summed E-state index contributed by atoms with van der Waals surface area (Å²) in [5.74, 6) is -0.531. The van der Waals surface area contributed by atoms with Crippen molar-refractivity contribution in [1.82, 2.24) is 0 Å². The van der Waals surface area contributed by atoms with Crippen molar-refractivity contribution in [1.29, 1.82) is 0 Å². The van der Waals surface area contributed by atoms with Crippen LogP contribution in [-0.4, -0.2) is 8.42 Å². The number of halogens is 2. The van der Waals surface area contributed by atoms with Crippen LogP contribution in [0.3, 0.4) is 0 Å². The molecule has 2 aromatic rings. The first kappa shape index (κ1) is 14.0. The molecule has 19 heavy (non-hydrogen) atoms. The minimum atomic E-state index is -3.28. The highest BCUT2D eigenvalue weighted by molar-refractivity contribution is 7.89. The molecule has 0 fully saturated rings. The number of rotatable bonds is 4. The van der Waals surface area contributed by atoms with Crippen molar-refractivity contribution >= 4 is 21.4 Å². The fourth-order valence-corrected chi connectivity index (χ4v) is 3.35. The molecule has 2 rings (SSSR count). The minimum Gasteiger partial charge on any atom is -0.228 e. The Morgan fingerprint density at radius 1 is 0.842 bits per heavy atom. The van der Waals surface area contributed by atoms with Crippen molar-refractivity contribution in [2.24, 2.45) is 0 Å². The first-order valence-electron chi connectivity index (χ1n) is 5.64. The Hall–Kier alpha value is -1.39. The van der Waals surface area contributed by atoms with Crippen molar-refractivity contribution in [2.75, 3.05) is 0 Å². The Balaban J connectivity index is 2.10. The van der Waals surface area contributed by atoms with Crippen LogP contribution in [-0.2, 0) is 21.3 Å². The molecule has 0 spiro atoms. The Labute approximate surface area is 116 Å². The van der Waals surface area contributed by atoms with Gasteiger partial charge >= 0.3 is 0 Å². The lowest BCUT2D eigenvalue weighted by Gasteiger charge is -2.05. The fraction of sp³-hybridized carbons (Fsp3) is 0.143. The maximum absolute atomic E-state index is 12.7. The maximum Gasteiger partial charge on any atom is 0.158 e. The van der Waals surface area contributed by atoms with Gasteiger partial charge in [0.25, 0.3) is 0 Å². The first-order chi connectivity index (χ1) is 8.94. The maximum atomic E-state index is 12.7. The van der Waals surface area contributed by atoms with Gasteiger partial charge in [-0.3, -0.25) is 0 Å². The van der Waals surface area contributed by atoms with E-state index in [1.54, 1.807) is 24.3 Å². The molecular formula is C14H12ClFO2S. The van der Waals surface area contributed by atoms with Crippen molar-refractivity contribution in [3.63, 3.8) is 0 Å². The lowest BCUT2D eigenvalue weighted by molar-refractivity contribution is 0.594.